The van der Waals surface area contributed by atoms with Crippen LogP contribution < -0.4 is 0 Å². The van der Waals surface area contributed by atoms with Crippen LogP contribution in [0.3, 0.4) is 0 Å². The number of aldehydes is 1. The molecule has 0 aliphatic carbocycles. The number of rotatable bonds is 10. The molecule has 0 aliphatic heterocycles. The molecule has 17 heavy (non-hydrogen) atoms. The minimum atomic E-state index is 0.633. The number of hydrogen-bond donors (Lipinski definition) is 0. The average molecular weight is 232 g/mol. The van der Waals surface area contributed by atoms with Crippen LogP contribution in [-0.4, -0.2) is 6.29 Å². The van der Waals surface area contributed by atoms with Crippen molar-refractivity contribution in [1.82, 2.24) is 0 Å². The predicted octanol–water partition coefficient (Wildman–Crippen LogP) is 4.77. The maximum absolute atomic E-state index is 10.0. The lowest BCUT2D eigenvalue weighted by molar-refractivity contribution is -0.107. The van der Waals surface area contributed by atoms with Crippen LogP contribution in [0.15, 0.2) is 48.6 Å². The summed E-state index contributed by atoms with van der Waals surface area (Å²) in [6.45, 7) is 2.14. The van der Waals surface area contributed by atoms with E-state index in [1.807, 2.05) is 0 Å². The summed E-state index contributed by atoms with van der Waals surface area (Å²) >= 11 is 0. The molecular formula is C16H24O. The molecule has 1 nitrogen and oxygen atoms in total. The zero-order chi connectivity index (χ0) is 12.6. The number of allylic oxidation sites excluding steroid dienone is 8. The van der Waals surface area contributed by atoms with E-state index in [0.29, 0.717) is 6.42 Å². The van der Waals surface area contributed by atoms with Crippen molar-refractivity contribution < 1.29 is 4.79 Å². The molecule has 94 valence electrons. The second kappa shape index (κ2) is 14.6. The Kier molecular flexibility index (Phi) is 13.5. The molecule has 0 radical (unpaired) electrons. The van der Waals surface area contributed by atoms with Crippen molar-refractivity contribution in [3.63, 3.8) is 0 Å². The van der Waals surface area contributed by atoms with Crippen molar-refractivity contribution in [2.45, 2.75) is 45.4 Å². The maximum atomic E-state index is 10.0. The van der Waals surface area contributed by atoms with E-state index in [2.05, 4.69) is 55.5 Å². The largest absolute Gasteiger partial charge is 0.303 e. The number of carbonyl (C=O) groups excluding carboxylic acids is 1. The highest BCUT2D eigenvalue weighted by Crippen LogP contribution is 1.95. The third-order valence-electron chi connectivity index (χ3n) is 2.17. The van der Waals surface area contributed by atoms with Crippen LogP contribution in [0.5, 0.6) is 0 Å². The molecule has 0 saturated carbocycles. The molecule has 1 heteroatoms. The molecule has 0 fully saturated rings. The van der Waals surface area contributed by atoms with Gasteiger partial charge in [-0.05, 0) is 32.1 Å². The SMILES string of the molecule is CC/C=C\C/C=C\C/C=C\C/C=C\CCC=O. The first-order chi connectivity index (χ1) is 8.41. The van der Waals surface area contributed by atoms with E-state index in [9.17, 15) is 4.79 Å². The van der Waals surface area contributed by atoms with Crippen LogP contribution in [0.1, 0.15) is 45.4 Å². The first-order valence-electron chi connectivity index (χ1n) is 6.45. The first kappa shape index (κ1) is 15.6. The molecular weight excluding hydrogens is 208 g/mol. The molecule has 0 aromatic carbocycles. The Morgan fingerprint density at radius 1 is 0.647 bits per heavy atom. The van der Waals surface area contributed by atoms with Crippen LogP contribution in [-0.2, 0) is 4.79 Å². The van der Waals surface area contributed by atoms with Gasteiger partial charge in [0.15, 0.2) is 0 Å². The predicted molar refractivity (Wildman–Crippen MR) is 76.0 cm³/mol. The molecule has 0 aromatic heterocycles. The quantitative estimate of drug-likeness (QED) is 0.301. The Balaban J connectivity index is 3.38. The maximum Gasteiger partial charge on any atom is 0.120 e. The van der Waals surface area contributed by atoms with E-state index in [1.165, 1.54) is 0 Å². The van der Waals surface area contributed by atoms with Crippen molar-refractivity contribution in [3.8, 4) is 0 Å². The fourth-order valence-corrected chi connectivity index (χ4v) is 1.26. The average Bonchev–Trinajstić information content (AvgIpc) is 2.35. The highest BCUT2D eigenvalue weighted by molar-refractivity contribution is 5.49. The molecule has 0 saturated heterocycles. The van der Waals surface area contributed by atoms with E-state index in [1.54, 1.807) is 0 Å². The highest BCUT2D eigenvalue weighted by atomic mass is 16.1. The molecule has 0 amide bonds. The molecule has 0 N–H and O–H groups in total. The van der Waals surface area contributed by atoms with Gasteiger partial charge in [0, 0.05) is 6.42 Å². The standard InChI is InChI=1S/C16H24O/c1-2-3-4-5-6-7-8-9-10-11-12-13-14-15-16-17/h3-4,6-7,9-10,12-13,16H,2,5,8,11,14-15H2,1H3/b4-3-,7-6-,10-9-,13-12-. The Morgan fingerprint density at radius 3 is 1.59 bits per heavy atom. The second-order valence-corrected chi connectivity index (χ2v) is 3.74. The lowest BCUT2D eigenvalue weighted by Crippen LogP contribution is -1.70. The lowest BCUT2D eigenvalue weighted by atomic mass is 10.2. The number of carbonyl (C=O) groups is 1. The smallest absolute Gasteiger partial charge is 0.120 e. The molecule has 0 unspecified atom stereocenters. The molecule has 0 heterocycles. The van der Waals surface area contributed by atoms with Gasteiger partial charge in [-0.3, -0.25) is 0 Å². The first-order valence-corrected chi connectivity index (χ1v) is 6.45. The summed E-state index contributed by atoms with van der Waals surface area (Å²) in [4.78, 5) is 10.0. The van der Waals surface area contributed by atoms with Gasteiger partial charge >= 0.3 is 0 Å². The van der Waals surface area contributed by atoms with Crippen molar-refractivity contribution >= 4 is 6.29 Å². The van der Waals surface area contributed by atoms with Gasteiger partial charge in [-0.1, -0.05) is 55.5 Å². The highest BCUT2D eigenvalue weighted by Gasteiger charge is 1.77. The Labute approximate surface area is 106 Å². The van der Waals surface area contributed by atoms with Crippen LogP contribution in [0.25, 0.3) is 0 Å². The van der Waals surface area contributed by atoms with Crippen molar-refractivity contribution in [1.29, 1.82) is 0 Å². The second-order valence-electron chi connectivity index (χ2n) is 3.74. The van der Waals surface area contributed by atoms with Crippen LogP contribution in [0.2, 0.25) is 0 Å². The zero-order valence-electron chi connectivity index (χ0n) is 10.8. The fraction of sp³-hybridized carbons (Fsp3) is 0.438. The van der Waals surface area contributed by atoms with Gasteiger partial charge < -0.3 is 4.79 Å². The summed E-state index contributed by atoms with van der Waals surface area (Å²) in [5.41, 5.74) is 0. The van der Waals surface area contributed by atoms with E-state index >= 15 is 0 Å². The van der Waals surface area contributed by atoms with Crippen molar-refractivity contribution in [2.75, 3.05) is 0 Å². The van der Waals surface area contributed by atoms with Gasteiger partial charge in [0.25, 0.3) is 0 Å². The Morgan fingerprint density at radius 2 is 1.12 bits per heavy atom. The van der Waals surface area contributed by atoms with Gasteiger partial charge in [0.05, 0.1) is 0 Å². The van der Waals surface area contributed by atoms with Crippen LogP contribution in [0, 0.1) is 0 Å². The van der Waals surface area contributed by atoms with Crippen molar-refractivity contribution in [2.24, 2.45) is 0 Å². The van der Waals surface area contributed by atoms with E-state index < -0.39 is 0 Å². The monoisotopic (exact) mass is 232 g/mol. The zero-order valence-corrected chi connectivity index (χ0v) is 10.8. The van der Waals surface area contributed by atoms with E-state index in [4.69, 9.17) is 0 Å². The topological polar surface area (TPSA) is 17.1 Å². The lowest BCUT2D eigenvalue weighted by Gasteiger charge is -1.85. The summed E-state index contributed by atoms with van der Waals surface area (Å²) in [7, 11) is 0. The number of hydrogen-bond acceptors (Lipinski definition) is 1. The summed E-state index contributed by atoms with van der Waals surface area (Å²) in [6.07, 6.45) is 23.8. The van der Waals surface area contributed by atoms with Crippen molar-refractivity contribution in [3.05, 3.63) is 48.6 Å². The summed E-state index contributed by atoms with van der Waals surface area (Å²) < 4.78 is 0. The Hall–Kier alpha value is -1.37. The number of unbranched alkanes of at least 4 members (excludes halogenated alkanes) is 1. The molecule has 0 aromatic rings. The van der Waals surface area contributed by atoms with Gasteiger partial charge in [-0.15, -0.1) is 0 Å². The van der Waals surface area contributed by atoms with E-state index in [-0.39, 0.29) is 0 Å². The normalized spacial score (nSPS) is 12.5. The van der Waals surface area contributed by atoms with Crippen LogP contribution in [0.4, 0.5) is 0 Å². The van der Waals surface area contributed by atoms with Gasteiger partial charge in [0.2, 0.25) is 0 Å². The van der Waals surface area contributed by atoms with Crippen LogP contribution >= 0.6 is 0 Å². The van der Waals surface area contributed by atoms with Gasteiger partial charge in [-0.2, -0.15) is 0 Å². The minimum Gasteiger partial charge on any atom is -0.303 e. The third kappa shape index (κ3) is 14.6. The van der Waals surface area contributed by atoms with Gasteiger partial charge in [0.1, 0.15) is 6.29 Å². The molecule has 0 spiro atoms. The van der Waals surface area contributed by atoms with E-state index in [0.717, 1.165) is 38.4 Å². The molecule has 0 aliphatic rings. The fourth-order valence-electron chi connectivity index (χ4n) is 1.26. The Bertz CT molecular complexity index is 269. The summed E-state index contributed by atoms with van der Waals surface area (Å²) in [5, 5.41) is 0. The summed E-state index contributed by atoms with van der Waals surface area (Å²) in [6, 6.07) is 0. The molecule has 0 rings (SSSR count). The third-order valence-corrected chi connectivity index (χ3v) is 2.17. The summed E-state index contributed by atoms with van der Waals surface area (Å²) in [5.74, 6) is 0. The minimum absolute atomic E-state index is 0.633. The van der Waals surface area contributed by atoms with Gasteiger partial charge in [-0.25, -0.2) is 0 Å². The molecule has 0 bridgehead atoms. The molecule has 0 atom stereocenters.